The van der Waals surface area contributed by atoms with Crippen LogP contribution in [0.3, 0.4) is 0 Å². The Morgan fingerprint density at radius 3 is 1.29 bits per heavy atom. The van der Waals surface area contributed by atoms with E-state index < -0.39 is 57.7 Å². The fourth-order valence-electron chi connectivity index (χ4n) is 4.95. The van der Waals surface area contributed by atoms with Gasteiger partial charge in [-0.05, 0) is 89.9 Å². The molecule has 0 saturated carbocycles. The van der Waals surface area contributed by atoms with E-state index in [1.807, 2.05) is 36.5 Å². The largest absolute Gasteiger partial charge is 0.480 e. The first kappa shape index (κ1) is 57.6. The molecule has 0 radical (unpaired) electrons. The van der Waals surface area contributed by atoms with Gasteiger partial charge in [0.05, 0.1) is 13.2 Å². The van der Waals surface area contributed by atoms with Gasteiger partial charge in [0, 0.05) is 12.8 Å². The van der Waals surface area contributed by atoms with E-state index in [-0.39, 0.29) is 12.8 Å². The molecule has 0 aromatic carbocycles. The smallest absolute Gasteiger partial charge is 0.472 e. The molecule has 0 aliphatic heterocycles. The monoisotopic (exact) mass is 882 g/mol. The van der Waals surface area contributed by atoms with Gasteiger partial charge in [-0.3, -0.25) is 23.4 Å². The summed E-state index contributed by atoms with van der Waals surface area (Å²) in [5.74, 6) is -2.61. The maximum Gasteiger partial charge on any atom is 0.472 e. The van der Waals surface area contributed by atoms with Crippen molar-refractivity contribution in [2.24, 2.45) is 5.73 Å². The van der Waals surface area contributed by atoms with Crippen molar-refractivity contribution in [2.45, 2.75) is 142 Å². The van der Waals surface area contributed by atoms with Gasteiger partial charge in [-0.2, -0.15) is 0 Å². The first-order valence-electron chi connectivity index (χ1n) is 22.2. The normalized spacial score (nSPS) is 14.9. The number of carbonyl (C=O) groups excluding carboxylic acids is 2. The van der Waals surface area contributed by atoms with Crippen LogP contribution >= 0.6 is 7.82 Å². The summed E-state index contributed by atoms with van der Waals surface area (Å²) in [7, 11) is -4.77. The van der Waals surface area contributed by atoms with Crippen molar-refractivity contribution in [3.63, 3.8) is 0 Å². The number of phosphoric ester groups is 1. The van der Waals surface area contributed by atoms with Gasteiger partial charge in [0.15, 0.2) is 6.10 Å². The van der Waals surface area contributed by atoms with Crippen LogP contribution in [0, 0.1) is 0 Å². The molecule has 0 bridgehead atoms. The van der Waals surface area contributed by atoms with Gasteiger partial charge in [-0.1, -0.05) is 160 Å². The second kappa shape index (κ2) is 43.3. The highest BCUT2D eigenvalue weighted by molar-refractivity contribution is 7.47. The molecule has 0 heterocycles. The molecule has 0 aliphatic carbocycles. The van der Waals surface area contributed by atoms with E-state index in [0.717, 1.165) is 64.2 Å². The summed E-state index contributed by atoms with van der Waals surface area (Å²) >= 11 is 0. The van der Waals surface area contributed by atoms with Crippen LogP contribution in [0.2, 0.25) is 0 Å². The standard InChI is InChI=1S/C50H76NO10P/c1-3-5-7-9-11-13-15-17-19-21-23-25-27-29-31-33-35-37-39-41-48(52)58-43-46(44-59-62(56,57)60-45-47(51)50(54)55)61-49(53)42-40-38-36-34-32-30-28-26-24-22-20-18-16-14-12-10-8-6-4-2/h5,7,11-14,17-20,23-26,29-32,35-38,46-47H,3-4,6,8-10,15-16,21-22,27-28,33-34,39-45,51H2,1-2H3,(H,54,55)(H,56,57)/b7-5+,13-11+,14-12+,19-17+,20-18+,25-23+,26-24+,31-29+,32-30+,37-35+,38-36+/t46-,47+/m1/s1. The molecule has 4 N–H and O–H groups in total. The molecule has 0 aromatic heterocycles. The van der Waals surface area contributed by atoms with Gasteiger partial charge in [0.1, 0.15) is 12.6 Å². The molecule has 0 rings (SSSR count). The zero-order chi connectivity index (χ0) is 45.6. The van der Waals surface area contributed by atoms with E-state index in [0.29, 0.717) is 19.3 Å². The fourth-order valence-corrected chi connectivity index (χ4v) is 5.73. The summed E-state index contributed by atoms with van der Waals surface area (Å²) in [6.07, 6.45) is 59.7. The van der Waals surface area contributed by atoms with Crippen LogP contribution in [-0.4, -0.2) is 59.9 Å². The Morgan fingerprint density at radius 2 is 0.887 bits per heavy atom. The molecule has 0 amide bonds. The Kier molecular flexibility index (Phi) is 40.2. The average Bonchev–Trinajstić information content (AvgIpc) is 3.25. The molecular weight excluding hydrogens is 806 g/mol. The lowest BCUT2D eigenvalue weighted by Crippen LogP contribution is -2.34. The maximum absolute atomic E-state index is 12.6. The average molecular weight is 882 g/mol. The van der Waals surface area contributed by atoms with E-state index in [1.165, 1.54) is 19.3 Å². The lowest BCUT2D eigenvalue weighted by atomic mass is 10.2. The number of allylic oxidation sites excluding steroid dienone is 22. The fraction of sp³-hybridized carbons (Fsp3) is 0.500. The lowest BCUT2D eigenvalue weighted by molar-refractivity contribution is -0.161. The first-order valence-corrected chi connectivity index (χ1v) is 23.7. The highest BCUT2D eigenvalue weighted by Gasteiger charge is 2.28. The predicted molar refractivity (Wildman–Crippen MR) is 253 cm³/mol. The van der Waals surface area contributed by atoms with Crippen molar-refractivity contribution in [3.8, 4) is 0 Å². The molecule has 11 nitrogen and oxygen atoms in total. The van der Waals surface area contributed by atoms with E-state index in [2.05, 4.69) is 116 Å². The van der Waals surface area contributed by atoms with Gasteiger partial charge >= 0.3 is 25.7 Å². The number of nitrogens with two attached hydrogens (primary N) is 1. The molecule has 0 saturated heterocycles. The van der Waals surface area contributed by atoms with Crippen molar-refractivity contribution in [1.82, 2.24) is 0 Å². The quantitative estimate of drug-likeness (QED) is 0.0232. The molecule has 0 spiro atoms. The lowest BCUT2D eigenvalue weighted by Gasteiger charge is -2.20. The second-order valence-electron chi connectivity index (χ2n) is 14.1. The molecule has 0 fully saturated rings. The van der Waals surface area contributed by atoms with Crippen molar-refractivity contribution in [1.29, 1.82) is 0 Å². The maximum atomic E-state index is 12.6. The van der Waals surface area contributed by atoms with Crippen molar-refractivity contribution in [2.75, 3.05) is 19.8 Å². The number of aliphatic carboxylic acids is 1. The SMILES string of the molecule is CC/C=C/C/C=C/C/C=C/C/C=C/C/C=C/C/C=C/CCC(=O)OC[C@H](COP(=O)(O)OC[C@H](N)C(=O)O)OC(=O)CC/C=C/C/C=C/C/C=C/C/C=C/C/C=C/CCCCC. The number of carboxylic acid groups (broad SMARTS) is 1. The minimum Gasteiger partial charge on any atom is -0.480 e. The minimum absolute atomic E-state index is 0.0129. The van der Waals surface area contributed by atoms with Crippen LogP contribution < -0.4 is 5.73 Å². The Hall–Kier alpha value is -4.38. The van der Waals surface area contributed by atoms with Crippen molar-refractivity contribution < 1.29 is 47.5 Å². The zero-order valence-corrected chi connectivity index (χ0v) is 38.3. The van der Waals surface area contributed by atoms with Crippen LogP contribution in [0.5, 0.6) is 0 Å². The second-order valence-corrected chi connectivity index (χ2v) is 15.5. The van der Waals surface area contributed by atoms with E-state index in [1.54, 1.807) is 0 Å². The van der Waals surface area contributed by atoms with Gasteiger partial charge in [-0.25, -0.2) is 4.57 Å². The van der Waals surface area contributed by atoms with Crippen molar-refractivity contribution >= 4 is 25.7 Å². The number of carbonyl (C=O) groups is 3. The van der Waals surface area contributed by atoms with Crippen LogP contribution in [0.25, 0.3) is 0 Å². The van der Waals surface area contributed by atoms with E-state index in [4.69, 9.17) is 24.8 Å². The number of rotatable bonds is 39. The van der Waals surface area contributed by atoms with Crippen LogP contribution in [0.4, 0.5) is 0 Å². The van der Waals surface area contributed by atoms with E-state index >= 15 is 0 Å². The first-order chi connectivity index (χ1) is 30.1. The Balaban J connectivity index is 4.63. The van der Waals surface area contributed by atoms with Gasteiger partial charge in [-0.15, -0.1) is 0 Å². The third-order valence-corrected chi connectivity index (χ3v) is 9.36. The number of carboxylic acids is 1. The highest BCUT2D eigenvalue weighted by Crippen LogP contribution is 2.43. The number of phosphoric acid groups is 1. The third kappa shape index (κ3) is 42.3. The topological polar surface area (TPSA) is 172 Å². The molecule has 62 heavy (non-hydrogen) atoms. The summed E-state index contributed by atoms with van der Waals surface area (Å²) in [6.45, 7) is 2.48. The predicted octanol–water partition coefficient (Wildman–Crippen LogP) is 12.2. The van der Waals surface area contributed by atoms with Crippen LogP contribution in [0.1, 0.15) is 129 Å². The zero-order valence-electron chi connectivity index (χ0n) is 37.4. The summed E-state index contributed by atoms with van der Waals surface area (Å²) < 4.78 is 32.5. The summed E-state index contributed by atoms with van der Waals surface area (Å²) in [5, 5.41) is 8.89. The Morgan fingerprint density at radius 1 is 0.516 bits per heavy atom. The molecule has 0 aliphatic rings. The van der Waals surface area contributed by atoms with Crippen molar-refractivity contribution in [3.05, 3.63) is 134 Å². The minimum atomic E-state index is -4.77. The number of esters is 2. The summed E-state index contributed by atoms with van der Waals surface area (Å²) in [6, 6.07) is -1.55. The van der Waals surface area contributed by atoms with E-state index in [9.17, 15) is 23.8 Å². The molecule has 12 heteroatoms. The number of hydrogen-bond acceptors (Lipinski definition) is 9. The number of hydrogen-bond donors (Lipinski definition) is 3. The molecule has 0 aromatic rings. The third-order valence-electron chi connectivity index (χ3n) is 8.41. The molecule has 1 unspecified atom stereocenters. The van der Waals surface area contributed by atoms with Crippen LogP contribution in [0.15, 0.2) is 134 Å². The summed E-state index contributed by atoms with van der Waals surface area (Å²) in [4.78, 5) is 45.9. The molecule has 346 valence electrons. The highest BCUT2D eigenvalue weighted by atomic mass is 31.2. The Labute approximate surface area is 372 Å². The van der Waals surface area contributed by atoms with Gasteiger partial charge < -0.3 is 25.2 Å². The number of unbranched alkanes of at least 4 members (excludes halogenated alkanes) is 3. The molecular formula is C50H76NO10P. The van der Waals surface area contributed by atoms with Gasteiger partial charge in [0.2, 0.25) is 0 Å². The molecule has 3 atom stereocenters. The van der Waals surface area contributed by atoms with Crippen LogP contribution in [-0.2, 0) is 37.5 Å². The number of ether oxygens (including phenoxy) is 2. The Bertz CT molecular complexity index is 1550. The summed E-state index contributed by atoms with van der Waals surface area (Å²) in [5.41, 5.74) is 5.32. The van der Waals surface area contributed by atoms with Gasteiger partial charge in [0.25, 0.3) is 0 Å².